The van der Waals surface area contributed by atoms with Gasteiger partial charge in [0, 0.05) is 24.3 Å². The number of ether oxygens (including phenoxy) is 1. The van der Waals surface area contributed by atoms with Gasteiger partial charge in [0.05, 0.1) is 43.3 Å². The molecule has 2 aromatic rings. The lowest BCUT2D eigenvalue weighted by Crippen LogP contribution is -3.15. The van der Waals surface area contributed by atoms with Gasteiger partial charge in [0.1, 0.15) is 12.6 Å². The third-order valence-electron chi connectivity index (χ3n) is 6.60. The Morgan fingerprint density at radius 2 is 2.07 bits per heavy atom. The van der Waals surface area contributed by atoms with Crippen LogP contribution in [0.5, 0.6) is 0 Å². The molecule has 1 saturated carbocycles. The van der Waals surface area contributed by atoms with Crippen molar-refractivity contribution in [3.63, 3.8) is 0 Å². The second-order valence-electron chi connectivity index (χ2n) is 9.17. The Kier molecular flexibility index (Phi) is 5.04. The summed E-state index contributed by atoms with van der Waals surface area (Å²) in [6, 6.07) is 2.27. The molecule has 1 aliphatic carbocycles. The second kappa shape index (κ2) is 7.69. The van der Waals surface area contributed by atoms with Crippen LogP contribution in [0.2, 0.25) is 0 Å². The highest BCUT2D eigenvalue weighted by molar-refractivity contribution is 6.05. The van der Waals surface area contributed by atoms with E-state index >= 15 is 0 Å². The SMILES string of the molecule is CC(C)n1ncc2c(C(=O)N3CC[NH+](C[C@H]4CCCO4)CC3)cc(C3CC3)nc21. The normalized spacial score (nSPS) is 23.4. The van der Waals surface area contributed by atoms with E-state index < -0.39 is 0 Å². The number of nitrogens with zero attached hydrogens (tertiary/aromatic N) is 4. The van der Waals surface area contributed by atoms with Gasteiger partial charge in [0.15, 0.2) is 5.65 Å². The third-order valence-corrected chi connectivity index (χ3v) is 6.60. The molecule has 2 aliphatic heterocycles. The first-order valence-corrected chi connectivity index (χ1v) is 11.2. The third kappa shape index (κ3) is 3.78. The Morgan fingerprint density at radius 1 is 1.28 bits per heavy atom. The molecular formula is C22H32N5O2+. The highest BCUT2D eigenvalue weighted by Crippen LogP contribution is 2.40. The van der Waals surface area contributed by atoms with Crippen LogP contribution in [0, 0.1) is 0 Å². The van der Waals surface area contributed by atoms with E-state index in [1.165, 1.54) is 25.7 Å². The molecule has 1 amide bonds. The summed E-state index contributed by atoms with van der Waals surface area (Å²) in [5.74, 6) is 0.646. The van der Waals surface area contributed by atoms with Crippen molar-refractivity contribution in [3.8, 4) is 0 Å². The average Bonchev–Trinajstić information content (AvgIpc) is 3.28. The Labute approximate surface area is 172 Å². The van der Waals surface area contributed by atoms with Crippen molar-refractivity contribution in [2.75, 3.05) is 39.3 Å². The van der Waals surface area contributed by atoms with Crippen molar-refractivity contribution in [2.45, 2.75) is 57.6 Å². The van der Waals surface area contributed by atoms with Crippen LogP contribution in [0.3, 0.4) is 0 Å². The van der Waals surface area contributed by atoms with E-state index in [9.17, 15) is 4.79 Å². The first kappa shape index (κ1) is 19.0. The molecule has 2 saturated heterocycles. The number of carbonyl (C=O) groups excluding carboxylic acids is 1. The maximum Gasteiger partial charge on any atom is 0.255 e. The fourth-order valence-electron chi connectivity index (χ4n) is 4.71. The molecule has 0 radical (unpaired) electrons. The molecule has 7 nitrogen and oxygen atoms in total. The Morgan fingerprint density at radius 3 is 2.72 bits per heavy atom. The quantitative estimate of drug-likeness (QED) is 0.827. The van der Waals surface area contributed by atoms with Crippen molar-refractivity contribution >= 4 is 16.9 Å². The van der Waals surface area contributed by atoms with Crippen molar-refractivity contribution in [3.05, 3.63) is 23.5 Å². The van der Waals surface area contributed by atoms with E-state index in [2.05, 4.69) is 18.9 Å². The second-order valence-corrected chi connectivity index (χ2v) is 9.17. The van der Waals surface area contributed by atoms with E-state index in [1.54, 1.807) is 4.90 Å². The molecule has 0 bridgehead atoms. The standard InChI is InChI=1S/C22H31N5O2/c1-15(2)27-21-19(13-23-27)18(12-20(24-21)16-5-6-16)22(28)26-9-7-25(8-10-26)14-17-4-3-11-29-17/h12-13,15-17H,3-11,14H2,1-2H3/p+1/t17-/m1/s1. The number of hydrogen-bond acceptors (Lipinski definition) is 4. The molecule has 3 aliphatic rings. The summed E-state index contributed by atoms with van der Waals surface area (Å²) < 4.78 is 7.74. The molecule has 0 unspecified atom stereocenters. The maximum absolute atomic E-state index is 13.5. The molecule has 5 rings (SSSR count). The van der Waals surface area contributed by atoms with E-state index in [1.807, 2.05) is 21.8 Å². The minimum atomic E-state index is 0.138. The Balaban J connectivity index is 1.35. The predicted octanol–water partition coefficient (Wildman–Crippen LogP) is 1.41. The number of quaternary nitrogens is 1. The van der Waals surface area contributed by atoms with Crippen LogP contribution < -0.4 is 4.90 Å². The van der Waals surface area contributed by atoms with Crippen LogP contribution >= 0.6 is 0 Å². The minimum absolute atomic E-state index is 0.138. The molecule has 156 valence electrons. The first-order valence-electron chi connectivity index (χ1n) is 11.2. The molecule has 4 heterocycles. The summed E-state index contributed by atoms with van der Waals surface area (Å²) >= 11 is 0. The van der Waals surface area contributed by atoms with E-state index in [0.29, 0.717) is 12.0 Å². The highest BCUT2D eigenvalue weighted by Gasteiger charge is 2.32. The van der Waals surface area contributed by atoms with Gasteiger partial charge in [-0.05, 0) is 45.6 Å². The Bertz CT molecular complexity index is 890. The average molecular weight is 399 g/mol. The summed E-state index contributed by atoms with van der Waals surface area (Å²) in [4.78, 5) is 21.9. The maximum atomic E-state index is 13.5. The van der Waals surface area contributed by atoms with Gasteiger partial charge in [0.2, 0.25) is 0 Å². The van der Waals surface area contributed by atoms with Gasteiger partial charge in [-0.25, -0.2) is 9.67 Å². The molecule has 1 N–H and O–H groups in total. The largest absolute Gasteiger partial charge is 0.372 e. The summed E-state index contributed by atoms with van der Waals surface area (Å²) in [6.07, 6.45) is 6.96. The van der Waals surface area contributed by atoms with Crippen molar-refractivity contribution in [1.82, 2.24) is 19.7 Å². The van der Waals surface area contributed by atoms with Crippen LogP contribution in [0.15, 0.2) is 12.3 Å². The van der Waals surface area contributed by atoms with Crippen molar-refractivity contribution in [1.29, 1.82) is 0 Å². The summed E-state index contributed by atoms with van der Waals surface area (Å²) in [5, 5.41) is 5.43. The fraction of sp³-hybridized carbons (Fsp3) is 0.682. The van der Waals surface area contributed by atoms with Crippen LogP contribution in [0.25, 0.3) is 11.0 Å². The number of carbonyl (C=O) groups is 1. The van der Waals surface area contributed by atoms with Crippen LogP contribution in [0.4, 0.5) is 0 Å². The number of amides is 1. The van der Waals surface area contributed by atoms with E-state index in [0.717, 1.165) is 61.6 Å². The number of hydrogen-bond donors (Lipinski definition) is 1. The van der Waals surface area contributed by atoms with Gasteiger partial charge in [-0.15, -0.1) is 0 Å². The van der Waals surface area contributed by atoms with Gasteiger partial charge in [0.25, 0.3) is 5.91 Å². The van der Waals surface area contributed by atoms with Crippen molar-refractivity contribution < 1.29 is 14.4 Å². The number of piperazine rings is 1. The molecule has 29 heavy (non-hydrogen) atoms. The highest BCUT2D eigenvalue weighted by atomic mass is 16.5. The number of fused-ring (bicyclic) bond motifs is 1. The Hall–Kier alpha value is -1.99. The number of aromatic nitrogens is 3. The van der Waals surface area contributed by atoms with Gasteiger partial charge in [-0.1, -0.05) is 0 Å². The molecule has 3 fully saturated rings. The molecule has 0 spiro atoms. The zero-order valence-corrected chi connectivity index (χ0v) is 17.6. The zero-order valence-electron chi connectivity index (χ0n) is 17.6. The first-order chi connectivity index (χ1) is 14.1. The van der Waals surface area contributed by atoms with E-state index in [4.69, 9.17) is 9.72 Å². The minimum Gasteiger partial charge on any atom is -0.372 e. The summed E-state index contributed by atoms with van der Waals surface area (Å²) in [6.45, 7) is 9.82. The summed E-state index contributed by atoms with van der Waals surface area (Å²) in [5.41, 5.74) is 2.70. The molecule has 2 aromatic heterocycles. The van der Waals surface area contributed by atoms with Crippen molar-refractivity contribution in [2.24, 2.45) is 0 Å². The fourth-order valence-corrected chi connectivity index (χ4v) is 4.71. The predicted molar refractivity (Wildman–Crippen MR) is 110 cm³/mol. The molecular weight excluding hydrogens is 366 g/mol. The monoisotopic (exact) mass is 398 g/mol. The van der Waals surface area contributed by atoms with Crippen LogP contribution in [-0.4, -0.2) is 71.0 Å². The van der Waals surface area contributed by atoms with Crippen LogP contribution in [0.1, 0.15) is 67.5 Å². The number of pyridine rings is 1. The lowest BCUT2D eigenvalue weighted by Gasteiger charge is -2.33. The van der Waals surface area contributed by atoms with Crippen LogP contribution in [-0.2, 0) is 4.74 Å². The van der Waals surface area contributed by atoms with E-state index in [-0.39, 0.29) is 11.9 Å². The number of nitrogens with one attached hydrogen (secondary N) is 1. The zero-order chi connectivity index (χ0) is 20.0. The lowest BCUT2D eigenvalue weighted by atomic mass is 10.1. The number of rotatable bonds is 5. The molecule has 7 heteroatoms. The topological polar surface area (TPSA) is 64.7 Å². The van der Waals surface area contributed by atoms with Gasteiger partial charge in [-0.3, -0.25) is 4.79 Å². The van der Waals surface area contributed by atoms with Gasteiger partial charge < -0.3 is 14.5 Å². The smallest absolute Gasteiger partial charge is 0.255 e. The van der Waals surface area contributed by atoms with Gasteiger partial charge in [-0.2, -0.15) is 5.10 Å². The molecule has 1 atom stereocenters. The summed E-state index contributed by atoms with van der Waals surface area (Å²) in [7, 11) is 0. The molecule has 0 aromatic carbocycles. The van der Waals surface area contributed by atoms with Gasteiger partial charge >= 0.3 is 0 Å². The lowest BCUT2D eigenvalue weighted by molar-refractivity contribution is -0.906.